The van der Waals surface area contributed by atoms with Gasteiger partial charge in [-0.05, 0) is 77.0 Å². The van der Waals surface area contributed by atoms with Gasteiger partial charge in [-0.25, -0.2) is 0 Å². The zero-order valence-corrected chi connectivity index (χ0v) is 43.1. The summed E-state index contributed by atoms with van der Waals surface area (Å²) in [6.07, 6.45) is 74.9. The molecule has 0 aromatic carbocycles. The van der Waals surface area contributed by atoms with Gasteiger partial charge in [0, 0.05) is 19.3 Å². The molecular weight excluding hydrogens is 829 g/mol. The monoisotopic (exact) mass is 927 g/mol. The quantitative estimate of drug-likeness (QED) is 0.0199. The van der Waals surface area contributed by atoms with E-state index in [1.807, 2.05) is 48.6 Å². The second-order valence-electron chi connectivity index (χ2n) is 17.5. The fourth-order valence-electron chi connectivity index (χ4n) is 7.07. The summed E-state index contributed by atoms with van der Waals surface area (Å²) in [5, 5.41) is 0. The first-order valence-corrected chi connectivity index (χ1v) is 27.1. The topological polar surface area (TPSA) is 78.9 Å². The van der Waals surface area contributed by atoms with E-state index >= 15 is 0 Å². The molecular formula is C61H98O6. The van der Waals surface area contributed by atoms with Crippen LogP contribution in [0.1, 0.15) is 226 Å². The van der Waals surface area contributed by atoms with Crippen molar-refractivity contribution in [2.75, 3.05) is 13.2 Å². The molecule has 67 heavy (non-hydrogen) atoms. The van der Waals surface area contributed by atoms with Gasteiger partial charge in [-0.15, -0.1) is 0 Å². The van der Waals surface area contributed by atoms with Gasteiger partial charge in [-0.1, -0.05) is 251 Å². The fourth-order valence-corrected chi connectivity index (χ4v) is 7.07. The second kappa shape index (κ2) is 54.4. The molecule has 0 bridgehead atoms. The van der Waals surface area contributed by atoms with Crippen LogP contribution in [0, 0.1) is 0 Å². The molecule has 0 rings (SSSR count). The molecule has 1 unspecified atom stereocenters. The van der Waals surface area contributed by atoms with Crippen LogP contribution < -0.4 is 0 Å². The van der Waals surface area contributed by atoms with Crippen LogP contribution in [0.15, 0.2) is 122 Å². The maximum absolute atomic E-state index is 12.8. The Morgan fingerprint density at radius 2 is 0.687 bits per heavy atom. The van der Waals surface area contributed by atoms with Gasteiger partial charge in [0.05, 0.1) is 0 Å². The van der Waals surface area contributed by atoms with Crippen LogP contribution in [-0.4, -0.2) is 37.2 Å². The predicted octanol–water partition coefficient (Wildman–Crippen LogP) is 18.1. The van der Waals surface area contributed by atoms with E-state index < -0.39 is 6.10 Å². The molecule has 0 amide bonds. The van der Waals surface area contributed by atoms with Crippen molar-refractivity contribution in [3.63, 3.8) is 0 Å². The third kappa shape index (κ3) is 52.6. The van der Waals surface area contributed by atoms with E-state index in [-0.39, 0.29) is 37.5 Å². The van der Waals surface area contributed by atoms with Crippen LogP contribution in [0.3, 0.4) is 0 Å². The molecule has 0 spiro atoms. The molecule has 6 heteroatoms. The van der Waals surface area contributed by atoms with Gasteiger partial charge < -0.3 is 14.2 Å². The lowest BCUT2D eigenvalue weighted by Gasteiger charge is -2.18. The maximum Gasteiger partial charge on any atom is 0.306 e. The first-order valence-electron chi connectivity index (χ1n) is 27.1. The van der Waals surface area contributed by atoms with Gasteiger partial charge in [0.2, 0.25) is 0 Å². The first-order chi connectivity index (χ1) is 33.0. The van der Waals surface area contributed by atoms with Crippen molar-refractivity contribution in [2.24, 2.45) is 0 Å². The SMILES string of the molecule is CC\C=C/C=C\C=C/C=C\CCCCCC(=O)OCC(COC(=O)CC/C=C\C/C=C\C/C=C\C/C=C\C/C=C\C/C=C\CC)OC(=O)CCCCCCCCCCCCCCCCCCC. The van der Waals surface area contributed by atoms with E-state index in [1.165, 1.54) is 89.9 Å². The molecule has 0 aromatic heterocycles. The molecule has 0 aliphatic heterocycles. The Balaban J connectivity index is 4.54. The predicted molar refractivity (Wildman–Crippen MR) is 288 cm³/mol. The van der Waals surface area contributed by atoms with Crippen molar-refractivity contribution in [3.8, 4) is 0 Å². The van der Waals surface area contributed by atoms with Crippen LogP contribution in [0.5, 0.6) is 0 Å². The molecule has 1 atom stereocenters. The molecule has 0 aliphatic carbocycles. The van der Waals surface area contributed by atoms with Crippen LogP contribution in [0.25, 0.3) is 0 Å². The van der Waals surface area contributed by atoms with Gasteiger partial charge in [0.15, 0.2) is 6.10 Å². The Bertz CT molecular complexity index is 1440. The van der Waals surface area contributed by atoms with Crippen molar-refractivity contribution in [3.05, 3.63) is 122 Å². The number of carbonyl (C=O) groups excluding carboxylic acids is 3. The van der Waals surface area contributed by atoms with Gasteiger partial charge in [0.25, 0.3) is 0 Å². The molecule has 0 saturated heterocycles. The lowest BCUT2D eigenvalue weighted by Crippen LogP contribution is -2.30. The van der Waals surface area contributed by atoms with E-state index in [9.17, 15) is 14.4 Å². The lowest BCUT2D eigenvalue weighted by atomic mass is 10.0. The Labute approximate surface area is 412 Å². The summed E-state index contributed by atoms with van der Waals surface area (Å²) in [5.74, 6) is -1.05. The standard InChI is InChI=1S/C61H98O6/c1-4-7-10-13-16-19-22-25-27-29-30-32-33-36-39-42-45-48-51-54-60(63)66-57-58(56-65-59(62)53-50-47-44-41-38-35-24-21-18-15-12-9-6-3)67-61(64)55-52-49-46-43-40-37-34-31-28-26-23-20-17-14-11-8-5-2/h7,9-10,12,15-16,18-19,21,24-25,27,30,32,35-36,38-39,45,48,58H,4-6,8,11,13-14,17,20,22-23,26,28-29,31,33-34,37,40-44,46-47,49-57H2,1-3H3/b10-7-,12-9-,18-15-,19-16-,24-21-,27-25-,32-30-,38-35-,39-36-,48-45-. The second-order valence-corrected chi connectivity index (χ2v) is 17.5. The zero-order valence-electron chi connectivity index (χ0n) is 43.1. The third-order valence-electron chi connectivity index (χ3n) is 11.1. The number of ether oxygens (including phenoxy) is 3. The Morgan fingerprint density at radius 1 is 0.328 bits per heavy atom. The molecule has 0 N–H and O–H groups in total. The molecule has 0 fully saturated rings. The smallest absolute Gasteiger partial charge is 0.306 e. The fraction of sp³-hybridized carbons (Fsp3) is 0.623. The van der Waals surface area contributed by atoms with Crippen LogP contribution >= 0.6 is 0 Å². The number of hydrogen-bond donors (Lipinski definition) is 0. The summed E-state index contributed by atoms with van der Waals surface area (Å²) < 4.78 is 16.7. The van der Waals surface area contributed by atoms with Crippen molar-refractivity contribution in [2.45, 2.75) is 232 Å². The Hall–Kier alpha value is -4.19. The minimum atomic E-state index is -0.826. The van der Waals surface area contributed by atoms with Gasteiger partial charge in [-0.2, -0.15) is 0 Å². The van der Waals surface area contributed by atoms with Crippen LogP contribution in [0.2, 0.25) is 0 Å². The third-order valence-corrected chi connectivity index (χ3v) is 11.1. The van der Waals surface area contributed by atoms with Gasteiger partial charge >= 0.3 is 17.9 Å². The Morgan fingerprint density at radius 3 is 1.15 bits per heavy atom. The molecule has 6 nitrogen and oxygen atoms in total. The minimum absolute atomic E-state index is 0.123. The molecule has 0 aliphatic rings. The molecule has 0 saturated carbocycles. The average Bonchev–Trinajstić information content (AvgIpc) is 3.33. The van der Waals surface area contributed by atoms with Gasteiger partial charge in [-0.3, -0.25) is 14.4 Å². The van der Waals surface area contributed by atoms with Crippen molar-refractivity contribution < 1.29 is 28.6 Å². The van der Waals surface area contributed by atoms with Gasteiger partial charge in [0.1, 0.15) is 13.2 Å². The zero-order chi connectivity index (χ0) is 48.6. The highest BCUT2D eigenvalue weighted by Gasteiger charge is 2.19. The number of rotatable bonds is 47. The van der Waals surface area contributed by atoms with Crippen LogP contribution in [-0.2, 0) is 28.6 Å². The molecule has 0 aromatic rings. The van der Waals surface area contributed by atoms with E-state index in [0.717, 1.165) is 89.9 Å². The number of unbranched alkanes of at least 4 members (excludes halogenated alkanes) is 19. The summed E-state index contributed by atoms with van der Waals surface area (Å²) in [5.41, 5.74) is 0. The van der Waals surface area contributed by atoms with Crippen molar-refractivity contribution in [1.82, 2.24) is 0 Å². The highest BCUT2D eigenvalue weighted by molar-refractivity contribution is 5.71. The van der Waals surface area contributed by atoms with E-state index in [1.54, 1.807) is 0 Å². The molecule has 0 heterocycles. The lowest BCUT2D eigenvalue weighted by molar-refractivity contribution is -0.166. The summed E-state index contributed by atoms with van der Waals surface area (Å²) >= 11 is 0. The minimum Gasteiger partial charge on any atom is -0.462 e. The number of hydrogen-bond acceptors (Lipinski definition) is 6. The maximum atomic E-state index is 12.8. The number of allylic oxidation sites excluding steroid dienone is 20. The van der Waals surface area contributed by atoms with Crippen molar-refractivity contribution >= 4 is 17.9 Å². The highest BCUT2D eigenvalue weighted by Crippen LogP contribution is 2.15. The average molecular weight is 927 g/mol. The summed E-state index contributed by atoms with van der Waals surface area (Å²) in [6, 6.07) is 0. The summed E-state index contributed by atoms with van der Waals surface area (Å²) in [6.45, 7) is 6.28. The molecule has 378 valence electrons. The van der Waals surface area contributed by atoms with Crippen LogP contribution in [0.4, 0.5) is 0 Å². The number of carbonyl (C=O) groups is 3. The molecule has 0 radical (unpaired) electrons. The summed E-state index contributed by atoms with van der Waals surface area (Å²) in [7, 11) is 0. The van der Waals surface area contributed by atoms with E-state index in [2.05, 4.69) is 93.7 Å². The normalized spacial score (nSPS) is 13.1. The first kappa shape index (κ1) is 62.8. The van der Waals surface area contributed by atoms with E-state index in [4.69, 9.17) is 14.2 Å². The van der Waals surface area contributed by atoms with Crippen molar-refractivity contribution in [1.29, 1.82) is 0 Å². The highest BCUT2D eigenvalue weighted by atomic mass is 16.6. The Kier molecular flexibility index (Phi) is 51.0. The summed E-state index contributed by atoms with van der Waals surface area (Å²) in [4.78, 5) is 38.0. The number of esters is 3. The largest absolute Gasteiger partial charge is 0.462 e. The van der Waals surface area contributed by atoms with E-state index in [0.29, 0.717) is 19.3 Å².